The number of hydrogen-bond acceptors (Lipinski definition) is 6. The van der Waals surface area contributed by atoms with E-state index in [9.17, 15) is 14.4 Å². The van der Waals surface area contributed by atoms with Crippen LogP contribution in [-0.4, -0.2) is 34.7 Å². The number of H-pyrrole nitrogens is 1. The number of nitrogens with zero attached hydrogens (tertiary/aromatic N) is 1. The Hall–Kier alpha value is -2.48. The van der Waals surface area contributed by atoms with E-state index in [1.807, 2.05) is 12.3 Å². The topological polar surface area (TPSA) is 101 Å². The molecule has 8 heteroatoms. The molecule has 0 unspecified atom stereocenters. The fraction of sp³-hybridized carbons (Fsp3) is 0.500. The van der Waals surface area contributed by atoms with Crippen molar-refractivity contribution in [2.24, 2.45) is 0 Å². The first-order chi connectivity index (χ1) is 13.3. The number of Topliss-reactive ketones (excluding diaryl/α,β-unsaturated/α-hetero) is 1. The molecule has 28 heavy (non-hydrogen) atoms. The predicted octanol–water partition coefficient (Wildman–Crippen LogP) is 3.21. The van der Waals surface area contributed by atoms with Gasteiger partial charge in [0.1, 0.15) is 5.01 Å². The van der Waals surface area contributed by atoms with Gasteiger partial charge in [-0.1, -0.05) is 12.8 Å². The van der Waals surface area contributed by atoms with Gasteiger partial charge in [0.15, 0.2) is 5.78 Å². The Morgan fingerprint density at radius 1 is 1.29 bits per heavy atom. The van der Waals surface area contributed by atoms with Gasteiger partial charge < -0.3 is 15.0 Å². The van der Waals surface area contributed by atoms with Crippen LogP contribution in [0, 0.1) is 13.8 Å². The van der Waals surface area contributed by atoms with E-state index in [1.54, 1.807) is 18.3 Å². The van der Waals surface area contributed by atoms with E-state index < -0.39 is 11.5 Å². The molecule has 1 saturated carbocycles. The minimum atomic E-state index is -0.560. The molecule has 1 aliphatic carbocycles. The Balaban J connectivity index is 1.87. The van der Waals surface area contributed by atoms with Crippen molar-refractivity contribution in [3.63, 3.8) is 0 Å². The monoisotopic (exact) mass is 403 g/mol. The summed E-state index contributed by atoms with van der Waals surface area (Å²) in [6.45, 7) is 5.04. The molecule has 2 heterocycles. The van der Waals surface area contributed by atoms with Gasteiger partial charge in [0, 0.05) is 23.7 Å². The maximum Gasteiger partial charge on any atom is 0.339 e. The number of methoxy groups -OCH3 is 1. The standard InChI is InChI=1S/C20H25N3O4S/c1-11-10-28-19(21-11)20(7-5-6-8-20)23-15(25)9-14-16(18(26)27-4)12(2)17(22-14)13(3)24/h10,22H,5-9H2,1-4H3,(H,23,25). The average Bonchev–Trinajstić information content (AvgIpc) is 3.34. The molecule has 7 nitrogen and oxygen atoms in total. The van der Waals surface area contributed by atoms with Gasteiger partial charge in [0.05, 0.1) is 30.3 Å². The summed E-state index contributed by atoms with van der Waals surface area (Å²) in [5.74, 6) is -0.966. The number of carbonyl (C=O) groups is 3. The zero-order chi connectivity index (χ0) is 20.5. The first-order valence-corrected chi connectivity index (χ1v) is 10.2. The lowest BCUT2D eigenvalue weighted by Crippen LogP contribution is -2.44. The van der Waals surface area contributed by atoms with Crippen molar-refractivity contribution in [2.45, 2.75) is 58.4 Å². The molecule has 150 valence electrons. The summed E-state index contributed by atoms with van der Waals surface area (Å²) in [6.07, 6.45) is 3.71. The Morgan fingerprint density at radius 3 is 2.50 bits per heavy atom. The second-order valence-corrected chi connectivity index (χ2v) is 8.19. The van der Waals surface area contributed by atoms with Gasteiger partial charge in [-0.3, -0.25) is 9.59 Å². The van der Waals surface area contributed by atoms with Crippen LogP contribution in [-0.2, 0) is 21.5 Å². The molecular formula is C20H25N3O4S. The zero-order valence-corrected chi connectivity index (χ0v) is 17.4. The first-order valence-electron chi connectivity index (χ1n) is 9.31. The number of esters is 1. The zero-order valence-electron chi connectivity index (χ0n) is 16.6. The summed E-state index contributed by atoms with van der Waals surface area (Å²) in [5.41, 5.74) is 1.98. The lowest BCUT2D eigenvalue weighted by atomic mass is 9.97. The second kappa shape index (κ2) is 7.87. The van der Waals surface area contributed by atoms with E-state index in [1.165, 1.54) is 14.0 Å². The maximum atomic E-state index is 12.9. The molecule has 2 aromatic heterocycles. The number of rotatable bonds is 6. The second-order valence-electron chi connectivity index (χ2n) is 7.33. The number of carbonyl (C=O) groups excluding carboxylic acids is 3. The highest BCUT2D eigenvalue weighted by Crippen LogP contribution is 2.40. The van der Waals surface area contributed by atoms with Crippen LogP contribution in [0.4, 0.5) is 0 Å². The smallest absolute Gasteiger partial charge is 0.339 e. The number of amides is 1. The Morgan fingerprint density at radius 2 is 1.96 bits per heavy atom. The first kappa shape index (κ1) is 20.3. The van der Waals surface area contributed by atoms with Crippen LogP contribution in [0.15, 0.2) is 5.38 Å². The molecule has 1 aliphatic rings. The SMILES string of the molecule is COC(=O)c1c(CC(=O)NC2(c3nc(C)cs3)CCCC2)[nH]c(C(C)=O)c1C. The van der Waals surface area contributed by atoms with Crippen molar-refractivity contribution in [1.82, 2.24) is 15.3 Å². The van der Waals surface area contributed by atoms with E-state index in [2.05, 4.69) is 15.3 Å². The fourth-order valence-electron chi connectivity index (χ4n) is 3.94. The van der Waals surface area contributed by atoms with Crippen molar-refractivity contribution in [1.29, 1.82) is 0 Å². The van der Waals surface area contributed by atoms with E-state index >= 15 is 0 Å². The molecule has 3 rings (SSSR count). The van der Waals surface area contributed by atoms with Crippen molar-refractivity contribution < 1.29 is 19.1 Å². The summed E-state index contributed by atoms with van der Waals surface area (Å²) in [5, 5.41) is 6.08. The summed E-state index contributed by atoms with van der Waals surface area (Å²) >= 11 is 1.56. The van der Waals surface area contributed by atoms with Gasteiger partial charge in [-0.05, 0) is 32.3 Å². The fourth-order valence-corrected chi connectivity index (χ4v) is 4.95. The molecule has 0 atom stereocenters. The predicted molar refractivity (Wildman–Crippen MR) is 106 cm³/mol. The molecule has 1 amide bonds. The minimum absolute atomic E-state index is 0.0370. The van der Waals surface area contributed by atoms with Crippen molar-refractivity contribution >= 4 is 29.0 Å². The van der Waals surface area contributed by atoms with Crippen LogP contribution in [0.3, 0.4) is 0 Å². The molecule has 0 aliphatic heterocycles. The molecular weight excluding hydrogens is 378 g/mol. The number of aromatic nitrogens is 2. The third-order valence-electron chi connectivity index (χ3n) is 5.27. The molecule has 0 saturated heterocycles. The maximum absolute atomic E-state index is 12.9. The van der Waals surface area contributed by atoms with Gasteiger partial charge in [0.25, 0.3) is 0 Å². The third-order valence-corrected chi connectivity index (χ3v) is 6.44. The number of aryl methyl sites for hydroxylation is 1. The number of nitrogens with one attached hydrogen (secondary N) is 2. The highest BCUT2D eigenvalue weighted by molar-refractivity contribution is 7.09. The molecule has 0 spiro atoms. The summed E-state index contributed by atoms with van der Waals surface area (Å²) in [7, 11) is 1.28. The Bertz CT molecular complexity index is 922. The van der Waals surface area contributed by atoms with Crippen LogP contribution in [0.5, 0.6) is 0 Å². The number of hydrogen-bond donors (Lipinski definition) is 2. The average molecular weight is 404 g/mol. The number of ketones is 1. The van der Waals surface area contributed by atoms with Crippen LogP contribution in [0.25, 0.3) is 0 Å². The summed E-state index contributed by atoms with van der Waals surface area (Å²) in [4.78, 5) is 44.5. The van der Waals surface area contributed by atoms with E-state index in [4.69, 9.17) is 4.74 Å². The van der Waals surface area contributed by atoms with Crippen molar-refractivity contribution in [3.05, 3.63) is 38.6 Å². The van der Waals surface area contributed by atoms with Crippen LogP contribution in [0.2, 0.25) is 0 Å². The molecule has 0 bridgehead atoms. The van der Waals surface area contributed by atoms with Gasteiger partial charge in [-0.25, -0.2) is 9.78 Å². The van der Waals surface area contributed by atoms with Crippen molar-refractivity contribution in [2.75, 3.05) is 7.11 Å². The highest BCUT2D eigenvalue weighted by Gasteiger charge is 2.39. The Kier molecular flexibility index (Phi) is 5.69. The molecule has 2 aromatic rings. The van der Waals surface area contributed by atoms with Crippen LogP contribution in [0.1, 0.15) is 75.4 Å². The van der Waals surface area contributed by atoms with Gasteiger partial charge in [-0.15, -0.1) is 11.3 Å². The lowest BCUT2D eigenvalue weighted by Gasteiger charge is -2.28. The quantitative estimate of drug-likeness (QED) is 0.570. The number of aromatic amines is 1. The largest absolute Gasteiger partial charge is 0.465 e. The Labute approximate surface area is 167 Å². The van der Waals surface area contributed by atoms with Crippen molar-refractivity contribution in [3.8, 4) is 0 Å². The van der Waals surface area contributed by atoms with E-state index in [0.717, 1.165) is 36.4 Å². The third kappa shape index (κ3) is 3.73. The normalized spacial score (nSPS) is 15.4. The van der Waals surface area contributed by atoms with E-state index in [0.29, 0.717) is 17.0 Å². The van der Waals surface area contributed by atoms with Gasteiger partial charge in [-0.2, -0.15) is 0 Å². The number of ether oxygens (including phenoxy) is 1. The molecule has 2 N–H and O–H groups in total. The molecule has 1 fully saturated rings. The van der Waals surface area contributed by atoms with Gasteiger partial charge >= 0.3 is 5.97 Å². The van der Waals surface area contributed by atoms with E-state index in [-0.39, 0.29) is 23.7 Å². The molecule has 0 aromatic carbocycles. The van der Waals surface area contributed by atoms with Crippen LogP contribution < -0.4 is 5.32 Å². The lowest BCUT2D eigenvalue weighted by molar-refractivity contribution is -0.122. The highest BCUT2D eigenvalue weighted by atomic mass is 32.1. The number of thiazole rings is 1. The van der Waals surface area contributed by atoms with Crippen LogP contribution >= 0.6 is 11.3 Å². The van der Waals surface area contributed by atoms with Gasteiger partial charge in [0.2, 0.25) is 5.91 Å². The summed E-state index contributed by atoms with van der Waals surface area (Å²) in [6, 6.07) is 0. The minimum Gasteiger partial charge on any atom is -0.465 e. The summed E-state index contributed by atoms with van der Waals surface area (Å²) < 4.78 is 4.85. The molecule has 0 radical (unpaired) electrons.